The summed E-state index contributed by atoms with van der Waals surface area (Å²) in [5, 5.41) is 11.7. The monoisotopic (exact) mass is 1900 g/mol. The first-order valence-electron chi connectivity index (χ1n) is 50.1. The van der Waals surface area contributed by atoms with Crippen molar-refractivity contribution >= 4 is 109 Å². The quantitative estimate of drug-likeness (QED) is 0.0928. The van der Waals surface area contributed by atoms with Gasteiger partial charge in [-0.15, -0.1) is 0 Å². The SMILES string of the molecule is c1ccc(-c2ccc(-c3cc(-c4cccc(-n5c6ccccc6c6ccccc65)c4)nc(-c4ccc(-c5cccnc5)cc4)n3)cc2)cc1.c1ccc(-c2ccc(-c3cc(-c4cccc(-n5c6ccccc6c6ccccc65)c4)nc(-c4ccc5c(c4)oc4ccccc45)n3)cc2)cc1.c1ccc(-c2ccc(-c3cc(-c4cccc(-n5c6ccccc6c6ccccc65)c4)nc(-c4cccc5c4oc4ccccc45)n3)cc2)cc1. The van der Waals surface area contributed by atoms with Crippen LogP contribution in [-0.2, 0) is 0 Å². The molecule has 0 saturated heterocycles. The zero-order chi connectivity index (χ0) is 98.6. The molecule has 0 atom stereocenters. The topological polar surface area (TPSA) is 131 Å². The molecule has 29 rings (SSSR count). The molecule has 0 radical (unpaired) electrons. The third kappa shape index (κ3) is 16.6. The third-order valence-electron chi connectivity index (χ3n) is 28.4. The highest BCUT2D eigenvalue weighted by Crippen LogP contribution is 2.44. The number of pyridine rings is 1. The second-order valence-electron chi connectivity index (χ2n) is 37.4. The van der Waals surface area contributed by atoms with E-state index in [0.29, 0.717) is 17.5 Å². The van der Waals surface area contributed by atoms with Gasteiger partial charge in [0.1, 0.15) is 22.3 Å². The minimum atomic E-state index is 0.622. The van der Waals surface area contributed by atoms with Crippen molar-refractivity contribution in [2.75, 3.05) is 0 Å². The van der Waals surface area contributed by atoms with Crippen LogP contribution in [-0.4, -0.2) is 48.6 Å². The smallest absolute Gasteiger partial charge is 0.164 e. The van der Waals surface area contributed by atoms with Crippen molar-refractivity contribution in [2.45, 2.75) is 0 Å². The summed E-state index contributed by atoms with van der Waals surface area (Å²) in [6, 6.07) is 182. The Kier molecular flexibility index (Phi) is 22.3. The van der Waals surface area contributed by atoms with Gasteiger partial charge in [-0.05, 0) is 172 Å². The lowest BCUT2D eigenvalue weighted by molar-refractivity contribution is 0.669. The Morgan fingerprint density at radius 2 is 0.423 bits per heavy atom. The number of fused-ring (bicyclic) bond motifs is 15. The van der Waals surface area contributed by atoms with E-state index in [1.54, 1.807) is 6.20 Å². The van der Waals surface area contributed by atoms with Crippen LogP contribution in [0.2, 0.25) is 0 Å². The molecule has 0 fully saturated rings. The summed E-state index contributed by atoms with van der Waals surface area (Å²) in [4.78, 5) is 35.4. The molecule has 12 nitrogen and oxygen atoms in total. The molecular formula is C137H88N10O2. The molecule has 0 aliphatic carbocycles. The van der Waals surface area contributed by atoms with Crippen LogP contribution in [0.3, 0.4) is 0 Å². The van der Waals surface area contributed by atoms with Gasteiger partial charge in [-0.3, -0.25) is 4.98 Å². The molecule has 9 heterocycles. The Bertz CT molecular complexity index is 9880. The highest BCUT2D eigenvalue weighted by Gasteiger charge is 2.24. The molecule has 149 heavy (non-hydrogen) atoms. The van der Waals surface area contributed by atoms with Gasteiger partial charge in [0.2, 0.25) is 0 Å². The maximum atomic E-state index is 6.46. The van der Waals surface area contributed by atoms with Gasteiger partial charge in [0.25, 0.3) is 0 Å². The Hall–Kier alpha value is -20.2. The van der Waals surface area contributed by atoms with Gasteiger partial charge in [-0.2, -0.15) is 0 Å². The molecule has 0 bridgehead atoms. The number of hydrogen-bond donors (Lipinski definition) is 0. The van der Waals surface area contributed by atoms with E-state index >= 15 is 0 Å². The lowest BCUT2D eigenvalue weighted by Gasteiger charge is -2.13. The second kappa shape index (κ2) is 37.9. The van der Waals surface area contributed by atoms with Crippen molar-refractivity contribution in [1.82, 2.24) is 48.6 Å². The zero-order valence-corrected chi connectivity index (χ0v) is 80.6. The molecule has 0 spiro atoms. The van der Waals surface area contributed by atoms with E-state index in [2.05, 4.69) is 480 Å². The number of hydrogen-bond acceptors (Lipinski definition) is 9. The molecule has 9 aromatic heterocycles. The maximum Gasteiger partial charge on any atom is 0.164 e. The zero-order valence-electron chi connectivity index (χ0n) is 80.6. The third-order valence-corrected chi connectivity index (χ3v) is 28.4. The van der Waals surface area contributed by atoms with Gasteiger partial charge >= 0.3 is 0 Å². The van der Waals surface area contributed by atoms with E-state index in [4.69, 9.17) is 38.7 Å². The van der Waals surface area contributed by atoms with Gasteiger partial charge in [0.15, 0.2) is 17.5 Å². The van der Waals surface area contributed by atoms with Crippen LogP contribution >= 0.6 is 0 Å². The first-order chi connectivity index (χ1) is 73.8. The molecule has 0 aliphatic heterocycles. The van der Waals surface area contributed by atoms with Crippen molar-refractivity contribution in [3.8, 4) is 163 Å². The summed E-state index contributed by atoms with van der Waals surface area (Å²) in [7, 11) is 0. The number of nitrogens with zero attached hydrogens (tertiary/aromatic N) is 10. The van der Waals surface area contributed by atoms with Crippen molar-refractivity contribution in [1.29, 1.82) is 0 Å². The standard InChI is InChI=1S/2C46H29N3O.C45H30N4/c1-2-12-30(13-3-1)31-24-26-32(27-25-31)40-29-41(48-46(47-40)39-20-11-19-38-37-18-6-9-23-44(37)50-45(38)39)33-14-10-15-34(28-33)49-42-21-7-4-16-35(42)36-17-5-8-22-43(36)49;1-2-11-30(12-3-1)31-21-23-32(24-22-31)40-29-41(48-46(47-40)34-25-26-39-38-17-6-9-20-44(38)50-45(39)28-34)33-13-10-14-35(27-33)49-42-18-7-4-15-36(42)37-16-5-8-19-43(37)49;1-2-10-31(11-3-1)32-19-23-34(24-20-32)41-29-42(48-45(47-41)35-25-21-33(22-26-35)37-13-9-27-46-30-37)36-12-8-14-38(28-36)49-43-17-6-4-15-39(43)40-16-5-7-18-44(40)49/h2*1-29H;1-30H. The average Bonchev–Trinajstić information content (AvgIpc) is 1.65. The summed E-state index contributed by atoms with van der Waals surface area (Å²) in [5.74, 6) is 1.95. The molecule has 0 aliphatic rings. The Morgan fingerprint density at radius 3 is 0.805 bits per heavy atom. The number of benzene rings is 20. The van der Waals surface area contributed by atoms with E-state index in [-0.39, 0.29) is 0 Å². The summed E-state index contributed by atoms with van der Waals surface area (Å²) in [6.45, 7) is 0. The molecule has 0 saturated carbocycles. The highest BCUT2D eigenvalue weighted by molar-refractivity contribution is 6.13. The van der Waals surface area contributed by atoms with Crippen molar-refractivity contribution in [3.05, 3.63) is 534 Å². The fourth-order valence-corrected chi connectivity index (χ4v) is 21.1. The van der Waals surface area contributed by atoms with Crippen LogP contribution in [0.1, 0.15) is 0 Å². The van der Waals surface area contributed by atoms with Gasteiger partial charge in [0.05, 0.1) is 72.8 Å². The van der Waals surface area contributed by atoms with Gasteiger partial charge < -0.3 is 22.5 Å². The first-order valence-corrected chi connectivity index (χ1v) is 50.1. The summed E-state index contributed by atoms with van der Waals surface area (Å²) in [5.41, 5.74) is 36.8. The first kappa shape index (κ1) is 87.8. The fourth-order valence-electron chi connectivity index (χ4n) is 21.1. The normalized spacial score (nSPS) is 11.5. The lowest BCUT2D eigenvalue weighted by Crippen LogP contribution is -1.98. The Labute approximate surface area is 858 Å². The number of furan rings is 2. The van der Waals surface area contributed by atoms with E-state index in [9.17, 15) is 0 Å². The predicted octanol–water partition coefficient (Wildman–Crippen LogP) is 35.6. The number of aromatic nitrogens is 10. The Balaban J connectivity index is 0.000000110. The van der Waals surface area contributed by atoms with Crippen LogP contribution in [0.25, 0.3) is 273 Å². The van der Waals surface area contributed by atoms with Crippen LogP contribution in [0.15, 0.2) is 543 Å². The summed E-state index contributed by atoms with van der Waals surface area (Å²) in [6.07, 6.45) is 3.68. The van der Waals surface area contributed by atoms with E-state index < -0.39 is 0 Å². The number of rotatable bonds is 16. The van der Waals surface area contributed by atoms with Crippen LogP contribution < -0.4 is 0 Å². The average molecular weight is 1910 g/mol. The minimum Gasteiger partial charge on any atom is -0.456 e. The van der Waals surface area contributed by atoms with Crippen LogP contribution in [0.5, 0.6) is 0 Å². The van der Waals surface area contributed by atoms with Crippen LogP contribution in [0, 0.1) is 0 Å². The largest absolute Gasteiger partial charge is 0.456 e. The molecular weight excluding hydrogens is 1820 g/mol. The van der Waals surface area contributed by atoms with E-state index in [0.717, 1.165) is 167 Å². The van der Waals surface area contributed by atoms with Gasteiger partial charge in [0, 0.05) is 128 Å². The minimum absolute atomic E-state index is 0.622. The lowest BCUT2D eigenvalue weighted by atomic mass is 10.0. The van der Waals surface area contributed by atoms with Crippen LogP contribution in [0.4, 0.5) is 0 Å². The Morgan fingerprint density at radius 1 is 0.154 bits per heavy atom. The van der Waals surface area contributed by atoms with Gasteiger partial charge in [-0.1, -0.05) is 394 Å². The fraction of sp³-hybridized carbons (Fsp3) is 0. The number of para-hydroxylation sites is 9. The second-order valence-corrected chi connectivity index (χ2v) is 37.4. The molecule has 29 aromatic rings. The predicted molar refractivity (Wildman–Crippen MR) is 612 cm³/mol. The van der Waals surface area contributed by atoms with Crippen molar-refractivity contribution in [3.63, 3.8) is 0 Å². The van der Waals surface area contributed by atoms with E-state index in [1.807, 2.05) is 66.9 Å². The summed E-state index contributed by atoms with van der Waals surface area (Å²) < 4.78 is 19.8. The maximum absolute atomic E-state index is 6.46. The van der Waals surface area contributed by atoms with Crippen molar-refractivity contribution < 1.29 is 8.83 Å². The molecule has 20 aromatic carbocycles. The van der Waals surface area contributed by atoms with Gasteiger partial charge in [-0.25, -0.2) is 29.9 Å². The highest BCUT2D eigenvalue weighted by atomic mass is 16.3. The molecule has 0 N–H and O–H groups in total. The molecule has 698 valence electrons. The van der Waals surface area contributed by atoms with Crippen molar-refractivity contribution in [2.24, 2.45) is 0 Å². The molecule has 0 unspecified atom stereocenters. The van der Waals surface area contributed by atoms with E-state index in [1.165, 1.54) is 87.7 Å². The molecule has 12 heteroatoms. The summed E-state index contributed by atoms with van der Waals surface area (Å²) >= 11 is 0. The molecule has 0 amide bonds.